The van der Waals surface area contributed by atoms with Crippen LogP contribution < -0.4 is 0 Å². The molecule has 2 fully saturated rings. The third-order valence-electron chi connectivity index (χ3n) is 6.80. The van der Waals surface area contributed by atoms with Crippen molar-refractivity contribution in [3.8, 4) is 0 Å². The molecular formula is C20H43NO7Si2. The molecule has 0 spiro atoms. The molecule has 0 aromatic rings. The Bertz CT molecular complexity index is 472. The Kier molecular flexibility index (Phi) is 11.4. The summed E-state index contributed by atoms with van der Waals surface area (Å²) in [6, 6.07) is 2.09. The van der Waals surface area contributed by atoms with Gasteiger partial charge in [-0.1, -0.05) is 0 Å². The maximum atomic E-state index is 6.63. The molecule has 1 saturated carbocycles. The highest BCUT2D eigenvalue weighted by Crippen LogP contribution is 2.38. The minimum Gasteiger partial charge on any atom is -0.385 e. The van der Waals surface area contributed by atoms with E-state index in [1.165, 1.54) is 0 Å². The molecule has 8 nitrogen and oxygen atoms in total. The Morgan fingerprint density at radius 2 is 1.70 bits per heavy atom. The second-order valence-electron chi connectivity index (χ2n) is 8.31. The minimum absolute atomic E-state index is 0.157. The van der Waals surface area contributed by atoms with Crippen molar-refractivity contribution in [2.75, 3.05) is 62.4 Å². The number of rotatable bonds is 12. The molecule has 3 unspecified atom stereocenters. The van der Waals surface area contributed by atoms with Gasteiger partial charge in [0.1, 0.15) is 0 Å². The number of fused-ring (bicyclic) bond motifs is 1. The van der Waals surface area contributed by atoms with Gasteiger partial charge >= 0.3 is 17.6 Å². The van der Waals surface area contributed by atoms with Gasteiger partial charge in [-0.05, 0) is 51.0 Å². The Labute approximate surface area is 185 Å². The zero-order valence-electron chi connectivity index (χ0n) is 19.8. The Morgan fingerprint density at radius 3 is 2.30 bits per heavy atom. The van der Waals surface area contributed by atoms with Crippen LogP contribution in [0.4, 0.5) is 0 Å². The van der Waals surface area contributed by atoms with Gasteiger partial charge in [-0.2, -0.15) is 0 Å². The smallest absolute Gasteiger partial charge is 0.385 e. The first-order valence-electron chi connectivity index (χ1n) is 11.2. The molecule has 3 atom stereocenters. The van der Waals surface area contributed by atoms with Crippen molar-refractivity contribution in [2.24, 2.45) is 5.92 Å². The largest absolute Gasteiger partial charge is 0.500 e. The summed E-state index contributed by atoms with van der Waals surface area (Å²) in [4.78, 5) is 2.62. The molecule has 1 saturated heterocycles. The number of methoxy groups -OCH3 is 1. The van der Waals surface area contributed by atoms with E-state index in [4.69, 9.17) is 31.3 Å². The van der Waals surface area contributed by atoms with E-state index in [-0.39, 0.29) is 6.10 Å². The van der Waals surface area contributed by atoms with Gasteiger partial charge in [0, 0.05) is 73.9 Å². The fraction of sp³-hybridized carbons (Fsp3) is 1.00. The molecular weight excluding hydrogens is 422 g/mol. The highest BCUT2D eigenvalue weighted by atomic mass is 28.4. The molecule has 1 aliphatic carbocycles. The second-order valence-corrected chi connectivity index (χ2v) is 14.3. The van der Waals surface area contributed by atoms with E-state index < -0.39 is 17.6 Å². The lowest BCUT2D eigenvalue weighted by Crippen LogP contribution is -2.58. The number of hydrogen-bond donors (Lipinski definition) is 0. The van der Waals surface area contributed by atoms with Gasteiger partial charge < -0.3 is 31.3 Å². The van der Waals surface area contributed by atoms with E-state index in [9.17, 15) is 0 Å². The van der Waals surface area contributed by atoms with E-state index in [1.807, 2.05) is 0 Å². The SMILES string of the molecule is COCCCN1CCC[Si](OC)(OC)OC2CCC(CC[Si](OC)(OC)OC)CC21. The Hall–Kier alpha value is 0.114. The lowest BCUT2D eigenvalue weighted by Gasteiger charge is -2.47. The molecule has 1 heterocycles. The molecule has 0 amide bonds. The van der Waals surface area contributed by atoms with Crippen LogP contribution >= 0.6 is 0 Å². The fourth-order valence-corrected chi connectivity index (χ4v) is 9.04. The standard InChI is InChI=1S/C20H43NO7Si2/c1-22-14-7-12-21-13-8-15-30(26-5,27-6)28-20-10-9-18(17-19(20)21)11-16-29(23-2,24-3)25-4/h18-20H,7-17H2,1-6H3. The fourth-order valence-electron chi connectivity index (χ4n) is 4.95. The molecule has 178 valence electrons. The molecule has 0 aromatic heterocycles. The first kappa shape index (κ1) is 26.4. The number of nitrogens with zero attached hydrogens (tertiary/aromatic N) is 1. The summed E-state index contributed by atoms with van der Waals surface area (Å²) < 4.78 is 40.5. The molecule has 0 aromatic carbocycles. The van der Waals surface area contributed by atoms with Crippen LogP contribution in [0.25, 0.3) is 0 Å². The van der Waals surface area contributed by atoms with Crippen LogP contribution in [0.2, 0.25) is 12.1 Å². The topological polar surface area (TPSA) is 67.9 Å². The average Bonchev–Trinajstić information content (AvgIpc) is 2.78. The van der Waals surface area contributed by atoms with Gasteiger partial charge in [-0.3, -0.25) is 4.90 Å². The summed E-state index contributed by atoms with van der Waals surface area (Å²) in [6.07, 6.45) is 6.54. The lowest BCUT2D eigenvalue weighted by atomic mass is 9.81. The van der Waals surface area contributed by atoms with Crippen molar-refractivity contribution in [1.29, 1.82) is 0 Å². The monoisotopic (exact) mass is 465 g/mol. The van der Waals surface area contributed by atoms with Crippen molar-refractivity contribution >= 4 is 17.6 Å². The van der Waals surface area contributed by atoms with Gasteiger partial charge in [0.05, 0.1) is 6.10 Å². The van der Waals surface area contributed by atoms with Gasteiger partial charge in [0.2, 0.25) is 0 Å². The quantitative estimate of drug-likeness (QED) is 0.322. The van der Waals surface area contributed by atoms with E-state index in [2.05, 4.69) is 4.90 Å². The zero-order valence-corrected chi connectivity index (χ0v) is 21.8. The van der Waals surface area contributed by atoms with Crippen LogP contribution in [-0.4, -0.2) is 97.0 Å². The molecule has 0 N–H and O–H groups in total. The molecule has 0 radical (unpaired) electrons. The maximum absolute atomic E-state index is 6.63. The van der Waals surface area contributed by atoms with E-state index in [1.54, 1.807) is 42.7 Å². The third-order valence-corrected chi connectivity index (χ3v) is 12.4. The molecule has 1 aliphatic heterocycles. The van der Waals surface area contributed by atoms with Crippen molar-refractivity contribution in [3.63, 3.8) is 0 Å². The first-order chi connectivity index (χ1) is 14.5. The summed E-state index contributed by atoms with van der Waals surface area (Å²) >= 11 is 0. The van der Waals surface area contributed by atoms with Crippen molar-refractivity contribution in [3.05, 3.63) is 0 Å². The summed E-state index contributed by atoms with van der Waals surface area (Å²) in [5, 5.41) is 0. The zero-order chi connectivity index (χ0) is 22.0. The lowest BCUT2D eigenvalue weighted by molar-refractivity contribution is -0.0394. The number of ether oxygens (including phenoxy) is 1. The maximum Gasteiger partial charge on any atom is 0.500 e. The van der Waals surface area contributed by atoms with Crippen LogP contribution in [-0.2, 0) is 31.3 Å². The first-order valence-corrected chi connectivity index (χ1v) is 15.0. The summed E-state index contributed by atoms with van der Waals surface area (Å²) in [5.41, 5.74) is 0. The van der Waals surface area contributed by atoms with Crippen LogP contribution in [0.5, 0.6) is 0 Å². The van der Waals surface area contributed by atoms with E-state index in [0.29, 0.717) is 12.0 Å². The summed E-state index contributed by atoms with van der Waals surface area (Å²) in [5.74, 6) is 0.604. The molecule has 2 rings (SSSR count). The van der Waals surface area contributed by atoms with Gasteiger partial charge in [0.25, 0.3) is 0 Å². The van der Waals surface area contributed by atoms with E-state index >= 15 is 0 Å². The molecule has 0 bridgehead atoms. The molecule has 10 heteroatoms. The van der Waals surface area contributed by atoms with Gasteiger partial charge in [-0.25, -0.2) is 0 Å². The molecule has 30 heavy (non-hydrogen) atoms. The van der Waals surface area contributed by atoms with Crippen LogP contribution in [0.15, 0.2) is 0 Å². The highest BCUT2D eigenvalue weighted by molar-refractivity contribution is 6.61. The third kappa shape index (κ3) is 6.80. The normalized spacial score (nSPS) is 28.0. The van der Waals surface area contributed by atoms with E-state index in [0.717, 1.165) is 70.3 Å². The predicted molar refractivity (Wildman–Crippen MR) is 119 cm³/mol. The van der Waals surface area contributed by atoms with Crippen LogP contribution in [0.3, 0.4) is 0 Å². The highest BCUT2D eigenvalue weighted by Gasteiger charge is 2.47. The van der Waals surface area contributed by atoms with Gasteiger partial charge in [0.15, 0.2) is 0 Å². The van der Waals surface area contributed by atoms with Gasteiger partial charge in [-0.15, -0.1) is 0 Å². The van der Waals surface area contributed by atoms with Crippen molar-refractivity contribution in [2.45, 2.75) is 62.8 Å². The minimum atomic E-state index is -2.58. The Balaban J connectivity index is 2.09. The number of hydrogen-bond acceptors (Lipinski definition) is 8. The molecule has 2 aliphatic rings. The predicted octanol–water partition coefficient (Wildman–Crippen LogP) is 2.78. The van der Waals surface area contributed by atoms with Crippen molar-refractivity contribution < 1.29 is 31.3 Å². The van der Waals surface area contributed by atoms with Crippen LogP contribution in [0.1, 0.15) is 38.5 Å². The summed E-state index contributed by atoms with van der Waals surface area (Å²) in [7, 11) is 5.19. The Morgan fingerprint density at radius 1 is 1.00 bits per heavy atom. The van der Waals surface area contributed by atoms with Crippen LogP contribution in [0, 0.1) is 5.92 Å². The summed E-state index contributed by atoms with van der Waals surface area (Å²) in [6.45, 7) is 2.87. The van der Waals surface area contributed by atoms with Crippen molar-refractivity contribution in [1.82, 2.24) is 4.90 Å². The second kappa shape index (κ2) is 13.0. The average molecular weight is 466 g/mol.